The van der Waals surface area contributed by atoms with E-state index < -0.39 is 27.5 Å². The molecular weight excluding hydrogens is 452 g/mol. The number of rotatable bonds is 7. The fourth-order valence-electron chi connectivity index (χ4n) is 3.20. The lowest BCUT2D eigenvalue weighted by Gasteiger charge is -2.34. The van der Waals surface area contributed by atoms with Crippen LogP contribution in [0.1, 0.15) is 10.4 Å². The third kappa shape index (κ3) is 4.94. The number of alkyl halides is 2. The molecule has 2 aromatic carbocycles. The third-order valence-corrected chi connectivity index (χ3v) is 6.75. The molecule has 0 N–H and O–H groups in total. The van der Waals surface area contributed by atoms with Crippen LogP contribution in [0, 0.1) is 10.1 Å². The van der Waals surface area contributed by atoms with Crippen LogP contribution < -0.4 is 9.47 Å². The molecule has 0 bridgehead atoms. The van der Waals surface area contributed by atoms with Gasteiger partial charge in [-0.3, -0.25) is 14.9 Å². The van der Waals surface area contributed by atoms with Crippen LogP contribution in [0.2, 0.25) is 0 Å². The van der Waals surface area contributed by atoms with E-state index in [2.05, 4.69) is 4.74 Å². The predicted octanol–water partition coefficient (Wildman–Crippen LogP) is 2.35. The number of carbonyl (C=O) groups excluding carboxylic acids is 1. The summed E-state index contributed by atoms with van der Waals surface area (Å²) in [5.74, 6) is -0.659. The number of sulfonamides is 1. The van der Waals surface area contributed by atoms with Crippen molar-refractivity contribution < 1.29 is 36.4 Å². The number of nitro groups is 1. The Morgan fingerprint density at radius 2 is 1.69 bits per heavy atom. The lowest BCUT2D eigenvalue weighted by Crippen LogP contribution is -2.50. The first-order valence-corrected chi connectivity index (χ1v) is 10.7. The van der Waals surface area contributed by atoms with Gasteiger partial charge in [0.1, 0.15) is 0 Å². The van der Waals surface area contributed by atoms with Gasteiger partial charge < -0.3 is 14.4 Å². The number of non-ortho nitro benzene ring substituents is 1. The fraction of sp³-hybridized carbons (Fsp3) is 0.316. The third-order valence-electron chi connectivity index (χ3n) is 4.84. The summed E-state index contributed by atoms with van der Waals surface area (Å²) in [5.41, 5.74) is -0.0464. The van der Waals surface area contributed by atoms with Gasteiger partial charge in [-0.05, 0) is 30.3 Å². The number of halogens is 2. The molecule has 1 amide bonds. The van der Waals surface area contributed by atoms with Gasteiger partial charge in [-0.25, -0.2) is 8.42 Å². The fourth-order valence-corrected chi connectivity index (χ4v) is 4.62. The molecule has 1 fully saturated rings. The molecular formula is C19H19F2N3O7S. The number of piperazine rings is 1. The molecule has 0 spiro atoms. The van der Waals surface area contributed by atoms with Gasteiger partial charge in [-0.1, -0.05) is 0 Å². The van der Waals surface area contributed by atoms with Crippen molar-refractivity contribution in [3.05, 3.63) is 58.1 Å². The molecule has 13 heteroatoms. The normalized spacial score (nSPS) is 14.9. The van der Waals surface area contributed by atoms with Gasteiger partial charge in [0.2, 0.25) is 10.0 Å². The van der Waals surface area contributed by atoms with Gasteiger partial charge in [0, 0.05) is 43.9 Å². The average Bonchev–Trinajstić information content (AvgIpc) is 2.78. The second-order valence-corrected chi connectivity index (χ2v) is 8.63. The summed E-state index contributed by atoms with van der Waals surface area (Å²) in [4.78, 5) is 24.3. The minimum absolute atomic E-state index is 0.0226. The Balaban J connectivity index is 1.68. The first-order valence-electron chi connectivity index (χ1n) is 9.30. The van der Waals surface area contributed by atoms with Crippen molar-refractivity contribution >= 4 is 21.6 Å². The van der Waals surface area contributed by atoms with Gasteiger partial charge in [-0.2, -0.15) is 13.1 Å². The lowest BCUT2D eigenvalue weighted by atomic mass is 10.1. The molecule has 1 aliphatic heterocycles. The quantitative estimate of drug-likeness (QED) is 0.449. The van der Waals surface area contributed by atoms with Gasteiger partial charge in [-0.15, -0.1) is 0 Å². The van der Waals surface area contributed by atoms with Crippen LogP contribution in [0.3, 0.4) is 0 Å². The van der Waals surface area contributed by atoms with E-state index in [-0.39, 0.29) is 53.8 Å². The van der Waals surface area contributed by atoms with Crippen molar-refractivity contribution in [2.45, 2.75) is 11.5 Å². The van der Waals surface area contributed by atoms with Crippen molar-refractivity contribution in [2.75, 3.05) is 33.3 Å². The Hall–Kier alpha value is -3.32. The van der Waals surface area contributed by atoms with Gasteiger partial charge in [0.05, 0.1) is 16.9 Å². The Morgan fingerprint density at radius 1 is 1.06 bits per heavy atom. The molecule has 0 atom stereocenters. The highest BCUT2D eigenvalue weighted by molar-refractivity contribution is 7.89. The standard InChI is InChI=1S/C19H19F2N3O7S/c1-30-17-12-13(2-7-16(17)31-19(20)21)18(25)22-8-10-23(11-9-22)32(28,29)15-5-3-14(4-6-15)24(26)27/h2-7,12,19H,8-11H2,1H3. The molecule has 0 aromatic heterocycles. The number of amides is 1. The summed E-state index contributed by atoms with van der Waals surface area (Å²) in [6.45, 7) is -2.80. The van der Waals surface area contributed by atoms with E-state index in [0.29, 0.717) is 0 Å². The number of nitrogens with zero attached hydrogens (tertiary/aromatic N) is 3. The zero-order valence-corrected chi connectivity index (χ0v) is 17.6. The maximum Gasteiger partial charge on any atom is 0.387 e. The van der Waals surface area contributed by atoms with Crippen molar-refractivity contribution in [1.29, 1.82) is 0 Å². The van der Waals surface area contributed by atoms with Crippen LogP contribution in [-0.4, -0.2) is 68.4 Å². The highest BCUT2D eigenvalue weighted by Gasteiger charge is 2.31. The SMILES string of the molecule is COc1cc(C(=O)N2CCN(S(=O)(=O)c3ccc([N+](=O)[O-])cc3)CC2)ccc1OC(F)F. The van der Waals surface area contributed by atoms with Crippen LogP contribution in [0.5, 0.6) is 11.5 Å². The van der Waals surface area contributed by atoms with Crippen molar-refractivity contribution in [2.24, 2.45) is 0 Å². The second-order valence-electron chi connectivity index (χ2n) is 6.69. The number of carbonyl (C=O) groups is 1. The molecule has 1 saturated heterocycles. The molecule has 0 aliphatic carbocycles. The maximum atomic E-state index is 12.8. The summed E-state index contributed by atoms with van der Waals surface area (Å²) in [5, 5.41) is 10.7. The van der Waals surface area contributed by atoms with Crippen LogP contribution in [0.25, 0.3) is 0 Å². The molecule has 0 radical (unpaired) electrons. The number of hydrogen-bond acceptors (Lipinski definition) is 7. The van der Waals surface area contributed by atoms with Gasteiger partial charge in [0.15, 0.2) is 11.5 Å². The Kier molecular flexibility index (Phi) is 6.89. The average molecular weight is 471 g/mol. The summed E-state index contributed by atoms with van der Waals surface area (Å²) < 4.78 is 61.0. The molecule has 10 nitrogen and oxygen atoms in total. The molecule has 172 valence electrons. The summed E-state index contributed by atoms with van der Waals surface area (Å²) >= 11 is 0. The molecule has 0 unspecified atom stereocenters. The van der Waals surface area contributed by atoms with Crippen LogP contribution in [0.4, 0.5) is 14.5 Å². The Bertz CT molecular complexity index is 1100. The van der Waals surface area contributed by atoms with Crippen molar-refractivity contribution in [3.8, 4) is 11.5 Å². The highest BCUT2D eigenvalue weighted by Crippen LogP contribution is 2.30. The predicted molar refractivity (Wildman–Crippen MR) is 107 cm³/mol. The zero-order chi connectivity index (χ0) is 23.5. The Morgan fingerprint density at radius 3 is 2.22 bits per heavy atom. The molecule has 2 aromatic rings. The summed E-state index contributed by atoms with van der Waals surface area (Å²) in [7, 11) is -2.63. The van der Waals surface area contributed by atoms with Crippen LogP contribution >= 0.6 is 0 Å². The van der Waals surface area contributed by atoms with E-state index in [1.165, 1.54) is 46.6 Å². The lowest BCUT2D eigenvalue weighted by molar-refractivity contribution is -0.384. The van der Waals surface area contributed by atoms with Gasteiger partial charge >= 0.3 is 6.61 Å². The smallest absolute Gasteiger partial charge is 0.387 e. The zero-order valence-electron chi connectivity index (χ0n) is 16.8. The number of nitro benzene ring substituents is 1. The van der Waals surface area contributed by atoms with E-state index in [1.54, 1.807) is 0 Å². The number of ether oxygens (including phenoxy) is 2. The topological polar surface area (TPSA) is 119 Å². The highest BCUT2D eigenvalue weighted by atomic mass is 32.2. The summed E-state index contributed by atoms with van der Waals surface area (Å²) in [6, 6.07) is 8.36. The number of methoxy groups -OCH3 is 1. The number of hydrogen-bond donors (Lipinski definition) is 0. The second kappa shape index (κ2) is 9.44. The minimum Gasteiger partial charge on any atom is -0.493 e. The molecule has 1 aliphatic rings. The Labute approximate surface area is 182 Å². The van der Waals surface area contributed by atoms with E-state index >= 15 is 0 Å². The largest absolute Gasteiger partial charge is 0.493 e. The summed E-state index contributed by atoms with van der Waals surface area (Å²) in [6.07, 6.45) is 0. The van der Waals surface area contributed by atoms with E-state index in [9.17, 15) is 32.1 Å². The van der Waals surface area contributed by atoms with Crippen molar-refractivity contribution in [3.63, 3.8) is 0 Å². The van der Waals surface area contributed by atoms with E-state index in [0.717, 1.165) is 12.1 Å². The first kappa shape index (κ1) is 23.3. The first-order chi connectivity index (χ1) is 15.1. The molecule has 32 heavy (non-hydrogen) atoms. The molecule has 1 heterocycles. The van der Waals surface area contributed by atoms with Crippen LogP contribution in [0.15, 0.2) is 47.4 Å². The molecule has 0 saturated carbocycles. The van der Waals surface area contributed by atoms with E-state index in [1.807, 2.05) is 0 Å². The van der Waals surface area contributed by atoms with Crippen molar-refractivity contribution in [1.82, 2.24) is 9.21 Å². The van der Waals surface area contributed by atoms with Gasteiger partial charge in [0.25, 0.3) is 11.6 Å². The maximum absolute atomic E-state index is 12.8. The monoisotopic (exact) mass is 471 g/mol. The van der Waals surface area contributed by atoms with Crippen LogP contribution in [-0.2, 0) is 10.0 Å². The van der Waals surface area contributed by atoms with E-state index in [4.69, 9.17) is 4.74 Å². The molecule has 3 rings (SSSR count). The number of benzene rings is 2. The minimum atomic E-state index is -3.88.